The van der Waals surface area contributed by atoms with Gasteiger partial charge >= 0.3 is 5.97 Å². The van der Waals surface area contributed by atoms with Crippen molar-refractivity contribution in [2.45, 2.75) is 6.42 Å². The second kappa shape index (κ2) is 5.16. The van der Waals surface area contributed by atoms with Crippen LogP contribution in [0.15, 0.2) is 36.7 Å². The van der Waals surface area contributed by atoms with Crippen LogP contribution in [0.5, 0.6) is 5.75 Å². The molecule has 0 bridgehead atoms. The van der Waals surface area contributed by atoms with Crippen LogP contribution in [0.1, 0.15) is 16.9 Å². The first-order valence-electron chi connectivity index (χ1n) is 6.30. The number of ether oxygens (including phenoxy) is 1. The molecular weight excluding hydrogens is 258 g/mol. The van der Waals surface area contributed by atoms with Crippen LogP contribution in [0.3, 0.4) is 0 Å². The topological polar surface area (TPSA) is 75.5 Å². The molecule has 3 rings (SSSR count). The number of carbonyl (C=O) groups is 1. The molecular formula is C14H13N3O3. The van der Waals surface area contributed by atoms with Gasteiger partial charge in [0.05, 0.1) is 24.7 Å². The van der Waals surface area contributed by atoms with Crippen LogP contribution in [0.25, 0.3) is 0 Å². The molecule has 1 aliphatic heterocycles. The first kappa shape index (κ1) is 12.4. The van der Waals surface area contributed by atoms with Crippen molar-refractivity contribution in [2.24, 2.45) is 0 Å². The van der Waals surface area contributed by atoms with Crippen molar-refractivity contribution in [3.63, 3.8) is 0 Å². The Morgan fingerprint density at radius 3 is 3.00 bits per heavy atom. The molecule has 6 heteroatoms. The Hall–Kier alpha value is -2.63. The van der Waals surface area contributed by atoms with Crippen molar-refractivity contribution in [2.75, 3.05) is 18.1 Å². The Kier molecular flexibility index (Phi) is 3.20. The third-order valence-corrected chi connectivity index (χ3v) is 3.06. The van der Waals surface area contributed by atoms with Crippen LogP contribution in [0.2, 0.25) is 0 Å². The molecule has 0 unspecified atom stereocenters. The average Bonchev–Trinajstić information content (AvgIpc) is 2.69. The van der Waals surface area contributed by atoms with Gasteiger partial charge in [0.15, 0.2) is 11.5 Å². The number of carboxylic acid groups (broad SMARTS) is 1. The van der Waals surface area contributed by atoms with Crippen LogP contribution >= 0.6 is 0 Å². The minimum absolute atomic E-state index is 0.0647. The van der Waals surface area contributed by atoms with Crippen LogP contribution in [0.4, 0.5) is 11.5 Å². The first-order chi connectivity index (χ1) is 9.75. The maximum Gasteiger partial charge on any atom is 0.356 e. The maximum absolute atomic E-state index is 11.0. The average molecular weight is 271 g/mol. The zero-order valence-electron chi connectivity index (χ0n) is 10.7. The van der Waals surface area contributed by atoms with Crippen LogP contribution in [-0.4, -0.2) is 34.2 Å². The molecule has 6 nitrogen and oxygen atoms in total. The fraction of sp³-hybridized carbons (Fsp3) is 0.214. The van der Waals surface area contributed by atoms with E-state index in [0.29, 0.717) is 19.0 Å². The molecule has 0 spiro atoms. The number of fused-ring (bicyclic) bond motifs is 1. The van der Waals surface area contributed by atoms with Gasteiger partial charge in [0.2, 0.25) is 0 Å². The lowest BCUT2D eigenvalue weighted by Gasteiger charge is -2.22. The molecule has 0 fully saturated rings. The third-order valence-electron chi connectivity index (χ3n) is 3.06. The fourth-order valence-corrected chi connectivity index (χ4v) is 2.15. The van der Waals surface area contributed by atoms with Crippen molar-refractivity contribution in [3.8, 4) is 5.75 Å². The predicted molar refractivity (Wildman–Crippen MR) is 72.6 cm³/mol. The Labute approximate surface area is 115 Å². The van der Waals surface area contributed by atoms with Crippen LogP contribution < -0.4 is 9.64 Å². The lowest BCUT2D eigenvalue weighted by Crippen LogP contribution is -2.20. The van der Waals surface area contributed by atoms with Crippen molar-refractivity contribution in [3.05, 3.63) is 42.4 Å². The number of nitrogens with zero attached hydrogens (tertiary/aromatic N) is 3. The number of rotatable bonds is 2. The van der Waals surface area contributed by atoms with Gasteiger partial charge in [-0.3, -0.25) is 4.98 Å². The molecule has 0 atom stereocenters. The number of hydrogen-bond donors (Lipinski definition) is 1. The van der Waals surface area contributed by atoms with E-state index in [1.54, 1.807) is 6.20 Å². The summed E-state index contributed by atoms with van der Waals surface area (Å²) in [4.78, 5) is 21.0. The van der Waals surface area contributed by atoms with Crippen molar-refractivity contribution in [1.29, 1.82) is 0 Å². The standard InChI is InChI=1S/C14H13N3O3/c18-14(19)10-8-15-9-13(16-10)17-6-3-7-20-12-5-2-1-4-11(12)17/h1-2,4-5,8-9H,3,6-7H2,(H,18,19). The van der Waals surface area contributed by atoms with Crippen LogP contribution in [0, 0.1) is 0 Å². The molecule has 1 N–H and O–H groups in total. The summed E-state index contributed by atoms with van der Waals surface area (Å²) in [5, 5.41) is 9.01. The molecule has 1 aromatic heterocycles. The summed E-state index contributed by atoms with van der Waals surface area (Å²) in [6.07, 6.45) is 3.63. The van der Waals surface area contributed by atoms with Gasteiger partial charge in [-0.25, -0.2) is 9.78 Å². The lowest BCUT2D eigenvalue weighted by molar-refractivity contribution is 0.0690. The van der Waals surface area contributed by atoms with E-state index in [4.69, 9.17) is 9.84 Å². The molecule has 0 aliphatic carbocycles. The minimum Gasteiger partial charge on any atom is -0.491 e. The normalized spacial score (nSPS) is 14.1. The number of aromatic nitrogens is 2. The molecule has 102 valence electrons. The molecule has 0 amide bonds. The highest BCUT2D eigenvalue weighted by Crippen LogP contribution is 2.34. The summed E-state index contributed by atoms with van der Waals surface area (Å²) < 4.78 is 5.67. The van der Waals surface area contributed by atoms with Gasteiger partial charge in [-0.2, -0.15) is 0 Å². The molecule has 2 aromatic rings. The Bertz CT molecular complexity index is 645. The number of anilines is 2. The molecule has 20 heavy (non-hydrogen) atoms. The Morgan fingerprint density at radius 1 is 1.30 bits per heavy atom. The van der Waals surface area contributed by atoms with Gasteiger partial charge in [0.25, 0.3) is 0 Å². The van der Waals surface area contributed by atoms with E-state index in [0.717, 1.165) is 17.9 Å². The van der Waals surface area contributed by atoms with E-state index in [1.165, 1.54) is 6.20 Å². The van der Waals surface area contributed by atoms with Gasteiger partial charge < -0.3 is 14.7 Å². The third kappa shape index (κ3) is 2.27. The van der Waals surface area contributed by atoms with Crippen molar-refractivity contribution in [1.82, 2.24) is 9.97 Å². The number of aromatic carboxylic acids is 1. The summed E-state index contributed by atoms with van der Waals surface area (Å²) in [6, 6.07) is 7.63. The van der Waals surface area contributed by atoms with Gasteiger partial charge in [0.1, 0.15) is 5.75 Å². The maximum atomic E-state index is 11.0. The molecule has 2 heterocycles. The van der Waals surface area contributed by atoms with Gasteiger partial charge in [-0.05, 0) is 18.6 Å². The zero-order chi connectivity index (χ0) is 13.9. The van der Waals surface area contributed by atoms with E-state index >= 15 is 0 Å². The number of carboxylic acids is 1. The van der Waals surface area contributed by atoms with Gasteiger partial charge in [-0.15, -0.1) is 0 Å². The summed E-state index contributed by atoms with van der Waals surface area (Å²) >= 11 is 0. The van der Waals surface area contributed by atoms with E-state index in [2.05, 4.69) is 9.97 Å². The number of benzene rings is 1. The zero-order valence-corrected chi connectivity index (χ0v) is 10.7. The SMILES string of the molecule is O=C(O)c1cncc(N2CCCOc3ccccc32)n1. The van der Waals surface area contributed by atoms with E-state index in [1.807, 2.05) is 29.2 Å². The Balaban J connectivity index is 2.05. The molecule has 0 saturated heterocycles. The molecule has 1 aliphatic rings. The van der Waals surface area contributed by atoms with Crippen molar-refractivity contribution < 1.29 is 14.6 Å². The number of para-hydroxylation sites is 2. The monoisotopic (exact) mass is 271 g/mol. The van der Waals surface area contributed by atoms with E-state index in [-0.39, 0.29) is 5.69 Å². The summed E-state index contributed by atoms with van der Waals surface area (Å²) in [7, 11) is 0. The molecule has 0 saturated carbocycles. The Morgan fingerprint density at radius 2 is 2.15 bits per heavy atom. The largest absolute Gasteiger partial charge is 0.491 e. The predicted octanol–water partition coefficient (Wildman–Crippen LogP) is 2.10. The van der Waals surface area contributed by atoms with E-state index < -0.39 is 5.97 Å². The molecule has 0 radical (unpaired) electrons. The van der Waals surface area contributed by atoms with Gasteiger partial charge in [0, 0.05) is 6.54 Å². The van der Waals surface area contributed by atoms with Crippen LogP contribution in [-0.2, 0) is 0 Å². The lowest BCUT2D eigenvalue weighted by atomic mass is 10.2. The quantitative estimate of drug-likeness (QED) is 0.901. The number of hydrogen-bond acceptors (Lipinski definition) is 5. The van der Waals surface area contributed by atoms with Crippen molar-refractivity contribution >= 4 is 17.5 Å². The second-order valence-electron chi connectivity index (χ2n) is 4.39. The second-order valence-corrected chi connectivity index (χ2v) is 4.39. The molecule has 1 aromatic carbocycles. The highest BCUT2D eigenvalue weighted by Gasteiger charge is 2.19. The highest BCUT2D eigenvalue weighted by molar-refractivity contribution is 5.85. The first-order valence-corrected chi connectivity index (χ1v) is 6.30. The highest BCUT2D eigenvalue weighted by atomic mass is 16.5. The summed E-state index contributed by atoms with van der Waals surface area (Å²) in [6.45, 7) is 1.33. The van der Waals surface area contributed by atoms with E-state index in [9.17, 15) is 4.79 Å². The minimum atomic E-state index is -1.08. The summed E-state index contributed by atoms with van der Waals surface area (Å²) in [5.41, 5.74) is 0.812. The van der Waals surface area contributed by atoms with Gasteiger partial charge in [-0.1, -0.05) is 12.1 Å². The summed E-state index contributed by atoms with van der Waals surface area (Å²) in [5.74, 6) is 0.203. The smallest absolute Gasteiger partial charge is 0.356 e. The fourth-order valence-electron chi connectivity index (χ4n) is 2.15.